The van der Waals surface area contributed by atoms with Crippen LogP contribution in [-0.2, 0) is 6.42 Å². The predicted molar refractivity (Wildman–Crippen MR) is 89.7 cm³/mol. The molecule has 4 rings (SSSR count). The van der Waals surface area contributed by atoms with E-state index in [0.717, 1.165) is 17.5 Å². The summed E-state index contributed by atoms with van der Waals surface area (Å²) in [5, 5.41) is 8.85. The zero-order valence-corrected chi connectivity index (χ0v) is 12.9. The molecule has 107 valence electrons. The first kappa shape index (κ1) is 13.5. The molecule has 1 fully saturated rings. The highest BCUT2D eigenvalue weighted by molar-refractivity contribution is 7.16. The summed E-state index contributed by atoms with van der Waals surface area (Å²) in [6, 6.07) is 16.6. The Bertz CT molecular complexity index is 836. The minimum absolute atomic E-state index is 0.628. The van der Waals surface area contributed by atoms with Crippen LogP contribution in [0.2, 0.25) is 0 Å². The van der Waals surface area contributed by atoms with Gasteiger partial charge in [-0.3, -0.25) is 0 Å². The maximum absolute atomic E-state index is 8.85. The quantitative estimate of drug-likeness (QED) is 0.692. The van der Waals surface area contributed by atoms with Gasteiger partial charge in [0.1, 0.15) is 0 Å². The van der Waals surface area contributed by atoms with E-state index in [1.165, 1.54) is 28.7 Å². The summed E-state index contributed by atoms with van der Waals surface area (Å²) >= 11 is 1.74. The van der Waals surface area contributed by atoms with Crippen molar-refractivity contribution in [2.45, 2.75) is 25.2 Å². The molecule has 0 unspecified atom stereocenters. The van der Waals surface area contributed by atoms with E-state index in [0.29, 0.717) is 5.92 Å². The smallest absolute Gasteiger partial charge is 0.0991 e. The highest BCUT2D eigenvalue weighted by Crippen LogP contribution is 2.45. The average Bonchev–Trinajstić information content (AvgIpc) is 3.00. The van der Waals surface area contributed by atoms with Crippen LogP contribution >= 0.6 is 11.3 Å². The first-order valence-corrected chi connectivity index (χ1v) is 8.36. The Morgan fingerprint density at radius 1 is 1.14 bits per heavy atom. The first-order chi connectivity index (χ1) is 10.8. The van der Waals surface area contributed by atoms with Crippen LogP contribution in [0.1, 0.15) is 35.4 Å². The van der Waals surface area contributed by atoms with Crippen molar-refractivity contribution in [1.29, 1.82) is 5.26 Å². The van der Waals surface area contributed by atoms with Gasteiger partial charge in [-0.2, -0.15) is 5.26 Å². The normalized spacial score (nSPS) is 15.6. The highest BCUT2D eigenvalue weighted by Gasteiger charge is 2.31. The van der Waals surface area contributed by atoms with E-state index in [1.54, 1.807) is 17.3 Å². The molecule has 1 saturated carbocycles. The molecule has 1 aliphatic carbocycles. The molecule has 0 saturated heterocycles. The Hall–Kier alpha value is -2.18. The molecule has 1 heterocycles. The Balaban J connectivity index is 1.43. The van der Waals surface area contributed by atoms with Gasteiger partial charge in [0.25, 0.3) is 0 Å². The fourth-order valence-electron chi connectivity index (χ4n) is 3.20. The van der Waals surface area contributed by atoms with Crippen LogP contribution in [0.5, 0.6) is 0 Å². The van der Waals surface area contributed by atoms with Crippen LogP contribution in [0.3, 0.4) is 0 Å². The molecule has 22 heavy (non-hydrogen) atoms. The predicted octanol–water partition coefficient (Wildman–Crippen LogP) is 4.86. The van der Waals surface area contributed by atoms with Gasteiger partial charge in [0, 0.05) is 0 Å². The zero-order valence-electron chi connectivity index (χ0n) is 12.1. The Labute approximate surface area is 134 Å². The number of thiazole rings is 1. The Kier molecular flexibility index (Phi) is 3.40. The van der Waals surface area contributed by atoms with Gasteiger partial charge < -0.3 is 0 Å². The number of hydrogen-bond acceptors (Lipinski definition) is 3. The van der Waals surface area contributed by atoms with Gasteiger partial charge in [-0.1, -0.05) is 24.3 Å². The van der Waals surface area contributed by atoms with Crippen molar-refractivity contribution in [3.63, 3.8) is 0 Å². The molecule has 0 N–H and O–H groups in total. The maximum Gasteiger partial charge on any atom is 0.0991 e. The van der Waals surface area contributed by atoms with Crippen LogP contribution in [0.4, 0.5) is 0 Å². The van der Waals surface area contributed by atoms with Gasteiger partial charge in [0.15, 0.2) is 0 Å². The zero-order chi connectivity index (χ0) is 14.9. The summed E-state index contributed by atoms with van der Waals surface area (Å²) in [6.07, 6.45) is 3.41. The maximum atomic E-state index is 8.85. The van der Waals surface area contributed by atoms with Gasteiger partial charge in [-0.25, -0.2) is 4.98 Å². The lowest BCUT2D eigenvalue weighted by Crippen LogP contribution is -2.21. The molecule has 0 bridgehead atoms. The van der Waals surface area contributed by atoms with Crippen molar-refractivity contribution in [1.82, 2.24) is 4.98 Å². The molecule has 0 atom stereocenters. The van der Waals surface area contributed by atoms with Crippen LogP contribution in [0.25, 0.3) is 10.2 Å². The van der Waals surface area contributed by atoms with Crippen LogP contribution in [0.15, 0.2) is 48.0 Å². The number of nitriles is 1. The van der Waals surface area contributed by atoms with Crippen LogP contribution in [-0.4, -0.2) is 4.98 Å². The first-order valence-electron chi connectivity index (χ1n) is 7.48. The number of fused-ring (bicyclic) bond motifs is 1. The van der Waals surface area contributed by atoms with Gasteiger partial charge in [-0.15, -0.1) is 11.3 Å². The lowest BCUT2D eigenvalue weighted by atomic mass is 9.69. The summed E-state index contributed by atoms with van der Waals surface area (Å²) in [4.78, 5) is 4.39. The third-order valence-electron chi connectivity index (χ3n) is 4.46. The lowest BCUT2D eigenvalue weighted by molar-refractivity contribution is 0.447. The number of nitrogens with zero attached hydrogens (tertiary/aromatic N) is 2. The van der Waals surface area contributed by atoms with E-state index in [1.807, 2.05) is 17.6 Å². The van der Waals surface area contributed by atoms with Crippen molar-refractivity contribution in [2.24, 2.45) is 0 Å². The van der Waals surface area contributed by atoms with Crippen molar-refractivity contribution in [2.75, 3.05) is 0 Å². The van der Waals surface area contributed by atoms with Crippen molar-refractivity contribution < 1.29 is 0 Å². The topological polar surface area (TPSA) is 36.7 Å². The Morgan fingerprint density at radius 2 is 1.95 bits per heavy atom. The van der Waals surface area contributed by atoms with Gasteiger partial charge >= 0.3 is 0 Å². The molecule has 1 aliphatic rings. The molecule has 0 spiro atoms. The number of rotatable bonds is 3. The summed E-state index contributed by atoms with van der Waals surface area (Å²) < 4.78 is 1.33. The summed E-state index contributed by atoms with van der Waals surface area (Å²) in [5.41, 5.74) is 6.56. The third kappa shape index (κ3) is 2.40. The molecular weight excluding hydrogens is 288 g/mol. The van der Waals surface area contributed by atoms with Gasteiger partial charge in [0.05, 0.1) is 27.4 Å². The minimum atomic E-state index is 0.628. The summed E-state index contributed by atoms with van der Waals surface area (Å²) in [7, 11) is 0. The minimum Gasteiger partial charge on any atom is -0.245 e. The molecule has 2 aromatic carbocycles. The van der Waals surface area contributed by atoms with E-state index in [-0.39, 0.29) is 0 Å². The molecule has 3 heteroatoms. The largest absolute Gasteiger partial charge is 0.245 e. The molecular formula is C19H15N2S. The van der Waals surface area contributed by atoms with Crippen LogP contribution < -0.4 is 0 Å². The molecule has 1 aromatic heterocycles. The van der Waals surface area contributed by atoms with E-state index >= 15 is 0 Å². The second kappa shape index (κ2) is 5.55. The van der Waals surface area contributed by atoms with Crippen LogP contribution in [0, 0.1) is 17.2 Å². The second-order valence-electron chi connectivity index (χ2n) is 5.88. The SMILES string of the molecule is N#Cc1ccc(C2C[C](Cc3cccc4ncsc34)C2)cc1. The molecule has 0 aliphatic heterocycles. The fraction of sp³-hybridized carbons (Fsp3) is 0.211. The fourth-order valence-corrected chi connectivity index (χ4v) is 4.01. The average molecular weight is 303 g/mol. The summed E-state index contributed by atoms with van der Waals surface area (Å²) in [5.74, 6) is 2.25. The molecule has 2 nitrogen and oxygen atoms in total. The van der Waals surface area contributed by atoms with Gasteiger partial charge in [-0.05, 0) is 60.4 Å². The molecule has 0 amide bonds. The standard InChI is InChI=1S/C19H15N2S/c20-11-13-4-6-15(7-5-13)17-9-14(10-17)8-16-2-1-3-18-19(16)22-12-21-18/h1-7,12,17H,8-10H2. The molecule has 1 radical (unpaired) electrons. The van der Waals surface area contributed by atoms with Crippen molar-refractivity contribution in [3.8, 4) is 6.07 Å². The van der Waals surface area contributed by atoms with Crippen molar-refractivity contribution >= 4 is 21.6 Å². The third-order valence-corrected chi connectivity index (χ3v) is 5.38. The van der Waals surface area contributed by atoms with E-state index in [2.05, 4.69) is 41.4 Å². The van der Waals surface area contributed by atoms with E-state index < -0.39 is 0 Å². The van der Waals surface area contributed by atoms with E-state index in [4.69, 9.17) is 5.26 Å². The Morgan fingerprint density at radius 3 is 2.73 bits per heavy atom. The number of hydrogen-bond donors (Lipinski definition) is 0. The second-order valence-corrected chi connectivity index (χ2v) is 6.74. The molecule has 3 aromatic rings. The van der Waals surface area contributed by atoms with E-state index in [9.17, 15) is 0 Å². The van der Waals surface area contributed by atoms with Crippen molar-refractivity contribution in [3.05, 3.63) is 70.6 Å². The summed E-state index contributed by atoms with van der Waals surface area (Å²) in [6.45, 7) is 0. The number of aromatic nitrogens is 1. The number of benzene rings is 2. The monoisotopic (exact) mass is 303 g/mol. The lowest BCUT2D eigenvalue weighted by Gasteiger charge is -2.35. The highest BCUT2D eigenvalue weighted by atomic mass is 32.1. The van der Waals surface area contributed by atoms with Gasteiger partial charge in [0.2, 0.25) is 0 Å².